The van der Waals surface area contributed by atoms with Crippen LogP contribution in [0.2, 0.25) is 0 Å². The van der Waals surface area contributed by atoms with E-state index >= 15 is 0 Å². The Morgan fingerprint density at radius 2 is 1.92 bits per heavy atom. The molecule has 0 saturated carbocycles. The Kier molecular flexibility index (Phi) is 5.20. The molecule has 1 atom stereocenters. The van der Waals surface area contributed by atoms with E-state index in [1.165, 1.54) is 6.33 Å². The third kappa shape index (κ3) is 3.75. The van der Waals surface area contributed by atoms with Crippen LogP contribution >= 0.6 is 0 Å². The Labute approximate surface area is 145 Å². The first kappa shape index (κ1) is 16.9. The molecule has 3 N–H and O–H groups in total. The highest BCUT2D eigenvalue weighted by atomic mass is 16.4. The molecule has 3 rings (SSSR count). The number of aromatic carboxylic acids is 1. The van der Waals surface area contributed by atoms with Crippen LogP contribution in [0.1, 0.15) is 28.9 Å². The average molecular weight is 336 g/mol. The summed E-state index contributed by atoms with van der Waals surface area (Å²) in [6, 6.07) is 15.2. The molecule has 25 heavy (non-hydrogen) atoms. The number of nitrogens with one attached hydrogen (secondary N) is 2. The minimum Gasteiger partial charge on any atom is -0.478 e. The van der Waals surface area contributed by atoms with Gasteiger partial charge in [-0.2, -0.15) is 0 Å². The van der Waals surface area contributed by atoms with E-state index in [1.54, 1.807) is 12.1 Å². The van der Waals surface area contributed by atoms with Gasteiger partial charge in [-0.3, -0.25) is 0 Å². The number of carboxylic acids is 1. The van der Waals surface area contributed by atoms with Gasteiger partial charge in [0.2, 0.25) is 0 Å². The van der Waals surface area contributed by atoms with E-state index in [4.69, 9.17) is 0 Å². The molecule has 0 aliphatic carbocycles. The van der Waals surface area contributed by atoms with Gasteiger partial charge in [0.15, 0.2) is 0 Å². The number of hydrogen-bond donors (Lipinski definition) is 3. The van der Waals surface area contributed by atoms with E-state index in [0.29, 0.717) is 16.7 Å². The maximum atomic E-state index is 11.4. The van der Waals surface area contributed by atoms with Crippen molar-refractivity contribution in [3.63, 3.8) is 0 Å². The zero-order chi connectivity index (χ0) is 17.6. The number of likely N-dealkylation sites (N-methyl/N-ethyl adjacent to an activating group) is 1. The number of anilines is 1. The fraction of sp³-hybridized carbons (Fsp3) is 0.211. The molecular weight excluding hydrogens is 316 g/mol. The second-order valence-corrected chi connectivity index (χ2v) is 5.64. The third-order valence-corrected chi connectivity index (χ3v) is 4.01. The largest absolute Gasteiger partial charge is 0.478 e. The average Bonchev–Trinajstić information content (AvgIpc) is 2.65. The smallest absolute Gasteiger partial charge is 0.337 e. The highest BCUT2D eigenvalue weighted by Gasteiger charge is 2.16. The quantitative estimate of drug-likeness (QED) is 0.614. The molecule has 0 fully saturated rings. The Morgan fingerprint density at radius 1 is 1.12 bits per heavy atom. The lowest BCUT2D eigenvalue weighted by atomic mass is 10.1. The normalized spacial score (nSPS) is 12.0. The molecule has 6 heteroatoms. The molecule has 3 aromatic rings. The molecule has 0 radical (unpaired) electrons. The van der Waals surface area contributed by atoms with Crippen LogP contribution in [0.25, 0.3) is 10.9 Å². The van der Waals surface area contributed by atoms with E-state index in [-0.39, 0.29) is 11.6 Å². The summed E-state index contributed by atoms with van der Waals surface area (Å²) in [7, 11) is 0. The molecule has 2 aromatic carbocycles. The van der Waals surface area contributed by atoms with Gasteiger partial charge in [0.25, 0.3) is 0 Å². The SMILES string of the molecule is CCNC[C@@H](Nc1ncnc2c(C(=O)O)cccc12)c1ccccc1. The number of aromatic nitrogens is 2. The van der Waals surface area contributed by atoms with Crippen molar-refractivity contribution >= 4 is 22.7 Å². The third-order valence-electron chi connectivity index (χ3n) is 4.01. The monoisotopic (exact) mass is 336 g/mol. The summed E-state index contributed by atoms with van der Waals surface area (Å²) in [5.41, 5.74) is 1.73. The summed E-state index contributed by atoms with van der Waals surface area (Å²) in [6.45, 7) is 3.64. The van der Waals surface area contributed by atoms with Crippen molar-refractivity contribution in [2.24, 2.45) is 0 Å². The number of rotatable bonds is 7. The van der Waals surface area contributed by atoms with Crippen molar-refractivity contribution in [1.29, 1.82) is 0 Å². The lowest BCUT2D eigenvalue weighted by molar-refractivity contribution is 0.0699. The van der Waals surface area contributed by atoms with Gasteiger partial charge in [-0.15, -0.1) is 0 Å². The molecule has 128 valence electrons. The first-order valence-electron chi connectivity index (χ1n) is 8.20. The summed E-state index contributed by atoms with van der Waals surface area (Å²) in [6.07, 6.45) is 1.40. The maximum Gasteiger partial charge on any atom is 0.337 e. The van der Waals surface area contributed by atoms with Gasteiger partial charge < -0.3 is 15.7 Å². The van der Waals surface area contributed by atoms with Gasteiger partial charge in [-0.05, 0) is 24.2 Å². The van der Waals surface area contributed by atoms with Crippen molar-refractivity contribution in [3.8, 4) is 0 Å². The molecule has 6 nitrogen and oxygen atoms in total. The molecule has 0 spiro atoms. The van der Waals surface area contributed by atoms with Gasteiger partial charge in [-0.25, -0.2) is 14.8 Å². The Hall–Kier alpha value is -2.99. The highest BCUT2D eigenvalue weighted by molar-refractivity contribution is 6.04. The van der Waals surface area contributed by atoms with Crippen LogP contribution in [0.15, 0.2) is 54.9 Å². The number of carboxylic acid groups (broad SMARTS) is 1. The molecule has 1 heterocycles. The van der Waals surface area contributed by atoms with Gasteiger partial charge in [0.1, 0.15) is 12.1 Å². The Morgan fingerprint density at radius 3 is 2.64 bits per heavy atom. The fourth-order valence-electron chi connectivity index (χ4n) is 2.77. The molecule has 0 saturated heterocycles. The standard InChI is InChI=1S/C19H20N4O2/c1-2-20-11-16(13-7-4-3-5-8-13)23-18-14-9-6-10-15(19(24)25)17(14)21-12-22-18/h3-10,12,16,20H,2,11H2,1H3,(H,24,25)(H,21,22,23)/t16-/m1/s1. The minimum atomic E-state index is -0.998. The minimum absolute atomic E-state index is 0.00716. The second kappa shape index (κ2) is 7.72. The van der Waals surface area contributed by atoms with E-state index in [2.05, 4.69) is 39.7 Å². The molecule has 0 amide bonds. The van der Waals surface area contributed by atoms with Crippen molar-refractivity contribution < 1.29 is 9.90 Å². The molecule has 1 aromatic heterocycles. The molecule has 0 unspecified atom stereocenters. The molecule has 0 aliphatic rings. The molecule has 0 aliphatic heterocycles. The summed E-state index contributed by atoms with van der Waals surface area (Å²) in [5.74, 6) is -0.373. The van der Waals surface area contributed by atoms with Crippen LogP contribution < -0.4 is 10.6 Å². The van der Waals surface area contributed by atoms with Gasteiger partial charge in [0, 0.05) is 11.9 Å². The topological polar surface area (TPSA) is 87.1 Å². The van der Waals surface area contributed by atoms with Crippen LogP contribution in [0.3, 0.4) is 0 Å². The first-order chi connectivity index (χ1) is 12.2. The summed E-state index contributed by atoms with van der Waals surface area (Å²) < 4.78 is 0. The number of fused-ring (bicyclic) bond motifs is 1. The first-order valence-corrected chi connectivity index (χ1v) is 8.20. The van der Waals surface area contributed by atoms with Gasteiger partial charge in [-0.1, -0.05) is 43.3 Å². The van der Waals surface area contributed by atoms with Gasteiger partial charge >= 0.3 is 5.97 Å². The lowest BCUT2D eigenvalue weighted by Gasteiger charge is -2.21. The van der Waals surface area contributed by atoms with Crippen LogP contribution in [0.5, 0.6) is 0 Å². The van der Waals surface area contributed by atoms with Crippen LogP contribution in [-0.2, 0) is 0 Å². The number of carbonyl (C=O) groups is 1. The number of hydrogen-bond acceptors (Lipinski definition) is 5. The van der Waals surface area contributed by atoms with Crippen molar-refractivity contribution in [1.82, 2.24) is 15.3 Å². The summed E-state index contributed by atoms with van der Waals surface area (Å²) in [4.78, 5) is 19.9. The zero-order valence-corrected chi connectivity index (χ0v) is 13.9. The maximum absolute atomic E-state index is 11.4. The zero-order valence-electron chi connectivity index (χ0n) is 13.9. The summed E-state index contributed by atoms with van der Waals surface area (Å²) in [5, 5.41) is 16.8. The van der Waals surface area contributed by atoms with Gasteiger partial charge in [0.05, 0.1) is 17.1 Å². The van der Waals surface area contributed by atoms with Crippen molar-refractivity contribution in [3.05, 3.63) is 66.0 Å². The Balaban J connectivity index is 2.00. The fourth-order valence-corrected chi connectivity index (χ4v) is 2.77. The number of nitrogens with zero attached hydrogens (tertiary/aromatic N) is 2. The molecule has 0 bridgehead atoms. The van der Waals surface area contributed by atoms with E-state index in [9.17, 15) is 9.90 Å². The van der Waals surface area contributed by atoms with E-state index in [0.717, 1.165) is 18.7 Å². The van der Waals surface area contributed by atoms with Crippen molar-refractivity contribution in [2.45, 2.75) is 13.0 Å². The second-order valence-electron chi connectivity index (χ2n) is 5.64. The van der Waals surface area contributed by atoms with Crippen LogP contribution in [0, 0.1) is 0 Å². The van der Waals surface area contributed by atoms with E-state index < -0.39 is 5.97 Å². The number of benzene rings is 2. The lowest BCUT2D eigenvalue weighted by Crippen LogP contribution is -2.26. The van der Waals surface area contributed by atoms with E-state index in [1.807, 2.05) is 24.3 Å². The Bertz CT molecular complexity index is 868. The predicted octanol–water partition coefficient (Wildman–Crippen LogP) is 3.09. The predicted molar refractivity (Wildman–Crippen MR) is 97.8 cm³/mol. The highest BCUT2D eigenvalue weighted by Crippen LogP contribution is 2.26. The molecular formula is C19H20N4O2. The number of para-hydroxylation sites is 1. The van der Waals surface area contributed by atoms with Crippen LogP contribution in [-0.4, -0.2) is 34.1 Å². The summed E-state index contributed by atoms with van der Waals surface area (Å²) >= 11 is 0. The van der Waals surface area contributed by atoms with Crippen LogP contribution in [0.4, 0.5) is 5.82 Å². The van der Waals surface area contributed by atoms with Crippen molar-refractivity contribution in [2.75, 3.05) is 18.4 Å².